The molecule has 3 N–H and O–H groups in total. The van der Waals surface area contributed by atoms with Gasteiger partial charge < -0.3 is 20.6 Å². The van der Waals surface area contributed by atoms with Crippen molar-refractivity contribution in [1.29, 1.82) is 0 Å². The lowest BCUT2D eigenvalue weighted by molar-refractivity contribution is -0.137. The van der Waals surface area contributed by atoms with Crippen LogP contribution in [0.15, 0.2) is 42.6 Å². The third-order valence-electron chi connectivity index (χ3n) is 4.92. The Labute approximate surface area is 183 Å². The van der Waals surface area contributed by atoms with Crippen LogP contribution in [-0.4, -0.2) is 46.8 Å². The summed E-state index contributed by atoms with van der Waals surface area (Å²) < 4.78 is 0. The van der Waals surface area contributed by atoms with Crippen LogP contribution in [0.2, 0.25) is 0 Å². The number of carboxylic acid groups (broad SMARTS) is 1. The van der Waals surface area contributed by atoms with E-state index in [9.17, 15) is 19.2 Å². The van der Waals surface area contributed by atoms with Gasteiger partial charge in [-0.15, -0.1) is 11.3 Å². The second-order valence-electron chi connectivity index (χ2n) is 7.25. The number of nitrogens with zero attached hydrogens (tertiary/aromatic N) is 1. The number of hydrogen-bond acceptors (Lipinski definition) is 5. The molecule has 0 bridgehead atoms. The van der Waals surface area contributed by atoms with E-state index in [1.807, 2.05) is 37.3 Å². The highest BCUT2D eigenvalue weighted by Gasteiger charge is 2.32. The van der Waals surface area contributed by atoms with E-state index in [0.29, 0.717) is 12.1 Å². The van der Waals surface area contributed by atoms with Gasteiger partial charge in [-0.1, -0.05) is 24.3 Å². The second kappa shape index (κ2) is 9.57. The van der Waals surface area contributed by atoms with Crippen LogP contribution in [0.4, 0.5) is 10.5 Å². The fourth-order valence-corrected chi connectivity index (χ4v) is 4.33. The third kappa shape index (κ3) is 5.58. The number of benzene rings is 1. The number of urea groups is 1. The summed E-state index contributed by atoms with van der Waals surface area (Å²) in [6.45, 7) is 2.02. The largest absolute Gasteiger partial charge is 0.481 e. The normalized spacial score (nSPS) is 15.8. The van der Waals surface area contributed by atoms with Crippen LogP contribution < -0.4 is 10.6 Å². The molecule has 1 atom stereocenters. The minimum atomic E-state index is -1.29. The molecule has 2 heterocycles. The average molecular weight is 442 g/mol. The number of hydrogen-bond donors (Lipinski definition) is 3. The van der Waals surface area contributed by atoms with E-state index in [2.05, 4.69) is 10.6 Å². The molecule has 162 valence electrons. The molecule has 0 radical (unpaired) electrons. The van der Waals surface area contributed by atoms with Crippen LogP contribution in [-0.2, 0) is 27.2 Å². The summed E-state index contributed by atoms with van der Waals surface area (Å²) in [6.07, 6.45) is 3.42. The van der Waals surface area contributed by atoms with Crippen molar-refractivity contribution in [3.05, 3.63) is 63.5 Å². The molecule has 0 saturated carbocycles. The number of aliphatic carboxylic acids is 1. The van der Waals surface area contributed by atoms with E-state index in [1.165, 1.54) is 35.6 Å². The first-order chi connectivity index (χ1) is 14.7. The number of amides is 3. The lowest BCUT2D eigenvalue weighted by Crippen LogP contribution is -2.53. The van der Waals surface area contributed by atoms with Gasteiger partial charge >= 0.3 is 12.0 Å². The Bertz CT molecular complexity index is 1060. The Morgan fingerprint density at radius 3 is 2.68 bits per heavy atom. The number of carbonyl (C=O) groups excluding carboxylic acids is 3. The first-order valence-corrected chi connectivity index (χ1v) is 10.5. The first kappa shape index (κ1) is 22.2. The third-order valence-corrected chi connectivity index (χ3v) is 6.11. The zero-order valence-electron chi connectivity index (χ0n) is 17.2. The molecular weight excluding hydrogens is 418 g/mol. The number of nitrogens with one attached hydrogen (secondary N) is 2. The molecule has 3 rings (SSSR count). The number of thiophene rings is 1. The average Bonchev–Trinajstić information content (AvgIpc) is 3.09. The van der Waals surface area contributed by atoms with Gasteiger partial charge in [0.05, 0.1) is 12.1 Å². The van der Waals surface area contributed by atoms with Crippen LogP contribution in [0, 0.1) is 6.92 Å². The zero-order chi connectivity index (χ0) is 22.5. The van der Waals surface area contributed by atoms with E-state index in [-0.39, 0.29) is 12.8 Å². The van der Waals surface area contributed by atoms with Gasteiger partial charge in [-0.25, -0.2) is 4.79 Å². The minimum Gasteiger partial charge on any atom is -0.481 e. The van der Waals surface area contributed by atoms with Crippen LogP contribution in [0.25, 0.3) is 0 Å². The van der Waals surface area contributed by atoms with Crippen molar-refractivity contribution < 1.29 is 24.3 Å². The quantitative estimate of drug-likeness (QED) is 0.572. The molecule has 0 fully saturated rings. The molecule has 9 heteroatoms. The van der Waals surface area contributed by atoms with Crippen molar-refractivity contribution >= 4 is 40.7 Å². The van der Waals surface area contributed by atoms with Crippen molar-refractivity contribution in [2.24, 2.45) is 0 Å². The summed E-state index contributed by atoms with van der Waals surface area (Å²) in [6, 6.07) is 7.78. The van der Waals surface area contributed by atoms with Crippen molar-refractivity contribution in [3.8, 4) is 0 Å². The van der Waals surface area contributed by atoms with Gasteiger partial charge in [0, 0.05) is 35.5 Å². The summed E-state index contributed by atoms with van der Waals surface area (Å²) in [7, 11) is 1.50. The standard InChI is InChI=1S/C22H23N3O5S/c1-13-5-3-4-6-14(13)11-15-12-16(18(31-15)7-8-19(27)28)23-22(30)24-20-17(26)9-10-25(2)21(20)29/h3-6,9-10,12,20H,7-8,11H2,1-2H3,(H,27,28)(H2,23,24,30). The predicted molar refractivity (Wildman–Crippen MR) is 117 cm³/mol. The molecule has 1 aliphatic rings. The summed E-state index contributed by atoms with van der Waals surface area (Å²) in [5, 5.41) is 14.1. The van der Waals surface area contributed by atoms with E-state index in [4.69, 9.17) is 5.11 Å². The first-order valence-electron chi connectivity index (χ1n) is 9.68. The van der Waals surface area contributed by atoms with Crippen molar-refractivity contribution in [3.63, 3.8) is 0 Å². The molecule has 3 amide bonds. The van der Waals surface area contributed by atoms with Crippen molar-refractivity contribution in [2.75, 3.05) is 12.4 Å². The molecule has 0 spiro atoms. The van der Waals surface area contributed by atoms with Crippen molar-refractivity contribution in [2.45, 2.75) is 32.2 Å². The Kier molecular flexibility index (Phi) is 6.86. The topological polar surface area (TPSA) is 116 Å². The molecule has 1 aromatic heterocycles. The molecule has 0 aliphatic carbocycles. The van der Waals surface area contributed by atoms with Gasteiger partial charge in [0.1, 0.15) is 0 Å². The SMILES string of the molecule is Cc1ccccc1Cc1cc(NC(=O)NC2C(=O)C=CN(C)C2=O)c(CCC(=O)O)s1. The minimum absolute atomic E-state index is 0.0736. The fraction of sp³-hybridized carbons (Fsp3) is 0.273. The van der Waals surface area contributed by atoms with Gasteiger partial charge in [0.25, 0.3) is 5.91 Å². The van der Waals surface area contributed by atoms with Gasteiger partial charge in [0.15, 0.2) is 11.8 Å². The van der Waals surface area contributed by atoms with Gasteiger partial charge in [-0.2, -0.15) is 0 Å². The van der Waals surface area contributed by atoms with E-state index >= 15 is 0 Å². The van der Waals surface area contributed by atoms with E-state index < -0.39 is 29.7 Å². The summed E-state index contributed by atoms with van der Waals surface area (Å²) >= 11 is 1.44. The number of likely N-dealkylation sites (N-methyl/N-ethyl adjacent to an activating group) is 1. The summed E-state index contributed by atoms with van der Waals surface area (Å²) in [5.74, 6) is -1.97. The molecule has 0 saturated heterocycles. The summed E-state index contributed by atoms with van der Waals surface area (Å²) in [5.41, 5.74) is 2.76. The maximum Gasteiger partial charge on any atom is 0.320 e. The second-order valence-corrected chi connectivity index (χ2v) is 8.47. The van der Waals surface area contributed by atoms with Crippen LogP contribution in [0.1, 0.15) is 27.3 Å². The number of carbonyl (C=O) groups is 4. The fourth-order valence-electron chi connectivity index (χ4n) is 3.18. The number of anilines is 1. The molecule has 31 heavy (non-hydrogen) atoms. The van der Waals surface area contributed by atoms with Gasteiger partial charge in [0.2, 0.25) is 0 Å². The Balaban J connectivity index is 1.77. The highest BCUT2D eigenvalue weighted by Crippen LogP contribution is 2.31. The lowest BCUT2D eigenvalue weighted by atomic mass is 10.1. The van der Waals surface area contributed by atoms with E-state index in [0.717, 1.165) is 20.9 Å². The van der Waals surface area contributed by atoms with Crippen LogP contribution in [0.3, 0.4) is 0 Å². The molecule has 8 nitrogen and oxygen atoms in total. The Morgan fingerprint density at radius 1 is 1.23 bits per heavy atom. The number of ketones is 1. The monoisotopic (exact) mass is 441 g/mol. The number of carboxylic acids is 1. The van der Waals surface area contributed by atoms with Crippen molar-refractivity contribution in [1.82, 2.24) is 10.2 Å². The van der Waals surface area contributed by atoms with Crippen LogP contribution >= 0.6 is 11.3 Å². The maximum atomic E-state index is 12.5. The molecule has 1 aliphatic heterocycles. The smallest absolute Gasteiger partial charge is 0.320 e. The summed E-state index contributed by atoms with van der Waals surface area (Å²) in [4.78, 5) is 50.6. The van der Waals surface area contributed by atoms with Crippen LogP contribution in [0.5, 0.6) is 0 Å². The molecular formula is C22H23N3O5S. The number of aryl methyl sites for hydroxylation is 2. The highest BCUT2D eigenvalue weighted by atomic mass is 32.1. The van der Waals surface area contributed by atoms with Gasteiger partial charge in [-0.05, 0) is 30.5 Å². The maximum absolute atomic E-state index is 12.5. The van der Waals surface area contributed by atoms with Gasteiger partial charge in [-0.3, -0.25) is 14.4 Å². The Morgan fingerprint density at radius 2 is 1.97 bits per heavy atom. The van der Waals surface area contributed by atoms with E-state index in [1.54, 1.807) is 0 Å². The predicted octanol–water partition coefficient (Wildman–Crippen LogP) is 2.71. The highest BCUT2D eigenvalue weighted by molar-refractivity contribution is 7.12. The molecule has 2 aromatic rings. The Hall–Kier alpha value is -3.46. The molecule has 1 unspecified atom stereocenters. The molecule has 1 aromatic carbocycles. The lowest BCUT2D eigenvalue weighted by Gasteiger charge is -2.23. The zero-order valence-corrected chi connectivity index (χ0v) is 18.0. The number of rotatable bonds is 7.